The molecule has 2 aliphatic rings. The van der Waals surface area contributed by atoms with Crippen molar-refractivity contribution in [2.75, 3.05) is 26.2 Å². The number of rotatable bonds is 5. The first-order valence-corrected chi connectivity index (χ1v) is 9.03. The zero-order chi connectivity index (χ0) is 17.0. The molecule has 4 heteroatoms. The van der Waals surface area contributed by atoms with Gasteiger partial charge in [-0.05, 0) is 38.5 Å². The summed E-state index contributed by atoms with van der Waals surface area (Å²) in [4.78, 5) is 27.6. The van der Waals surface area contributed by atoms with Gasteiger partial charge in [0.15, 0.2) is 0 Å². The largest absolute Gasteiger partial charge is 0.339 e. The molecule has 0 saturated carbocycles. The van der Waals surface area contributed by atoms with Crippen molar-refractivity contribution in [3.63, 3.8) is 0 Å². The number of piperidine rings is 2. The number of amides is 2. The standard InChI is InChI=1S/C20H28N2O2/c23-19(21-15-9-5-10-16-21)13-7-3-1-2-4-8-14-20(24)22-17-11-6-12-18-22/h1-4,7-8,13-14H,5-6,9-12,15-18H2/b3-1-,4-2-,13-7-,14-8-. The Morgan fingerprint density at radius 3 is 1.21 bits per heavy atom. The van der Waals surface area contributed by atoms with E-state index in [1.807, 2.05) is 34.1 Å². The number of carbonyl (C=O) groups excluding carboxylic acids is 2. The molecule has 0 atom stereocenters. The van der Waals surface area contributed by atoms with Crippen molar-refractivity contribution in [1.29, 1.82) is 0 Å². The molecular weight excluding hydrogens is 300 g/mol. The fourth-order valence-electron chi connectivity index (χ4n) is 2.97. The van der Waals surface area contributed by atoms with Gasteiger partial charge in [-0.2, -0.15) is 0 Å². The maximum absolute atomic E-state index is 11.9. The molecule has 2 heterocycles. The summed E-state index contributed by atoms with van der Waals surface area (Å²) in [6.45, 7) is 3.51. The van der Waals surface area contributed by atoms with Crippen LogP contribution in [0.5, 0.6) is 0 Å². The number of nitrogens with zero attached hydrogens (tertiary/aromatic N) is 2. The number of carbonyl (C=O) groups is 2. The Labute approximate surface area is 145 Å². The van der Waals surface area contributed by atoms with E-state index in [4.69, 9.17) is 0 Å². The summed E-state index contributed by atoms with van der Waals surface area (Å²) in [6.07, 6.45) is 21.0. The van der Waals surface area contributed by atoms with Crippen LogP contribution in [0.25, 0.3) is 0 Å². The third-order valence-corrected chi connectivity index (χ3v) is 4.37. The van der Waals surface area contributed by atoms with Crippen molar-refractivity contribution in [3.05, 3.63) is 48.6 Å². The molecule has 0 bridgehead atoms. The Balaban J connectivity index is 1.66. The Bertz CT molecular complexity index is 472. The van der Waals surface area contributed by atoms with E-state index in [1.54, 1.807) is 24.3 Å². The summed E-state index contributed by atoms with van der Waals surface area (Å²) in [5.41, 5.74) is 0. The summed E-state index contributed by atoms with van der Waals surface area (Å²) in [5.74, 6) is 0.186. The monoisotopic (exact) mass is 328 g/mol. The van der Waals surface area contributed by atoms with Crippen LogP contribution in [-0.2, 0) is 9.59 Å². The normalized spacial score (nSPS) is 20.0. The molecule has 0 unspecified atom stereocenters. The van der Waals surface area contributed by atoms with Crippen molar-refractivity contribution in [1.82, 2.24) is 9.80 Å². The molecule has 2 saturated heterocycles. The van der Waals surface area contributed by atoms with Crippen LogP contribution < -0.4 is 0 Å². The van der Waals surface area contributed by atoms with Crippen molar-refractivity contribution in [2.24, 2.45) is 0 Å². The Kier molecular flexibility index (Phi) is 8.08. The first-order valence-electron chi connectivity index (χ1n) is 9.03. The van der Waals surface area contributed by atoms with Crippen molar-refractivity contribution in [2.45, 2.75) is 38.5 Å². The van der Waals surface area contributed by atoms with Gasteiger partial charge in [-0.15, -0.1) is 0 Å². The molecule has 0 aromatic carbocycles. The summed E-state index contributed by atoms with van der Waals surface area (Å²) in [5, 5.41) is 0. The molecule has 2 fully saturated rings. The van der Waals surface area contributed by atoms with Crippen molar-refractivity contribution < 1.29 is 9.59 Å². The fraction of sp³-hybridized carbons (Fsp3) is 0.500. The lowest BCUT2D eigenvalue weighted by molar-refractivity contribution is -0.127. The molecule has 0 N–H and O–H groups in total. The average Bonchev–Trinajstić information content (AvgIpc) is 2.65. The minimum absolute atomic E-state index is 0.0929. The quantitative estimate of drug-likeness (QED) is 0.574. The molecule has 2 rings (SSSR count). The van der Waals surface area contributed by atoms with Gasteiger partial charge in [-0.3, -0.25) is 9.59 Å². The van der Waals surface area contributed by atoms with E-state index in [0.29, 0.717) is 0 Å². The summed E-state index contributed by atoms with van der Waals surface area (Å²) in [7, 11) is 0. The second-order valence-corrected chi connectivity index (χ2v) is 6.26. The smallest absolute Gasteiger partial charge is 0.246 e. The highest BCUT2D eigenvalue weighted by molar-refractivity contribution is 5.88. The van der Waals surface area contributed by atoms with E-state index < -0.39 is 0 Å². The average molecular weight is 328 g/mol. The minimum Gasteiger partial charge on any atom is -0.339 e. The van der Waals surface area contributed by atoms with Gasteiger partial charge >= 0.3 is 0 Å². The molecule has 4 nitrogen and oxygen atoms in total. The van der Waals surface area contributed by atoms with Gasteiger partial charge in [0.2, 0.25) is 11.8 Å². The van der Waals surface area contributed by atoms with Crippen LogP contribution in [0.2, 0.25) is 0 Å². The third kappa shape index (κ3) is 6.57. The summed E-state index contributed by atoms with van der Waals surface area (Å²) >= 11 is 0. The minimum atomic E-state index is 0.0929. The van der Waals surface area contributed by atoms with Crippen molar-refractivity contribution in [3.8, 4) is 0 Å². The van der Waals surface area contributed by atoms with Crippen LogP contribution in [-0.4, -0.2) is 47.8 Å². The van der Waals surface area contributed by atoms with Gasteiger partial charge in [0, 0.05) is 38.3 Å². The number of likely N-dealkylation sites (tertiary alicyclic amines) is 2. The summed E-state index contributed by atoms with van der Waals surface area (Å²) in [6, 6.07) is 0. The van der Waals surface area contributed by atoms with Gasteiger partial charge in [-0.25, -0.2) is 0 Å². The van der Waals surface area contributed by atoms with Gasteiger partial charge in [0.1, 0.15) is 0 Å². The molecule has 0 radical (unpaired) electrons. The number of hydrogen-bond donors (Lipinski definition) is 0. The summed E-state index contributed by atoms with van der Waals surface area (Å²) < 4.78 is 0. The van der Waals surface area contributed by atoms with E-state index in [2.05, 4.69) is 0 Å². The van der Waals surface area contributed by atoms with E-state index in [1.165, 1.54) is 12.8 Å². The Hall–Kier alpha value is -2.10. The molecule has 0 aliphatic carbocycles. The SMILES string of the molecule is O=C(\C=C/C=C\C=C/C=C\C(=O)N1CCCCC1)N1CCCCC1. The third-order valence-electron chi connectivity index (χ3n) is 4.37. The van der Waals surface area contributed by atoms with E-state index in [9.17, 15) is 9.59 Å². The number of allylic oxidation sites excluding steroid dienone is 6. The molecule has 0 aromatic heterocycles. The van der Waals surface area contributed by atoms with Crippen LogP contribution >= 0.6 is 0 Å². The van der Waals surface area contributed by atoms with E-state index in [0.717, 1.165) is 51.9 Å². The zero-order valence-electron chi connectivity index (χ0n) is 14.4. The molecule has 24 heavy (non-hydrogen) atoms. The highest BCUT2D eigenvalue weighted by atomic mass is 16.2. The van der Waals surface area contributed by atoms with Crippen molar-refractivity contribution >= 4 is 11.8 Å². The Morgan fingerprint density at radius 1 is 0.500 bits per heavy atom. The van der Waals surface area contributed by atoms with Gasteiger partial charge in [0.05, 0.1) is 0 Å². The predicted molar refractivity (Wildman–Crippen MR) is 97.4 cm³/mol. The molecular formula is C20H28N2O2. The topological polar surface area (TPSA) is 40.6 Å². The lowest BCUT2D eigenvalue weighted by Gasteiger charge is -2.25. The van der Waals surface area contributed by atoms with Gasteiger partial charge in [0.25, 0.3) is 0 Å². The second-order valence-electron chi connectivity index (χ2n) is 6.26. The zero-order valence-corrected chi connectivity index (χ0v) is 14.4. The molecule has 0 aromatic rings. The van der Waals surface area contributed by atoms with Gasteiger partial charge < -0.3 is 9.80 Å². The molecule has 2 aliphatic heterocycles. The van der Waals surface area contributed by atoms with Crippen LogP contribution in [0.3, 0.4) is 0 Å². The maximum atomic E-state index is 11.9. The van der Waals surface area contributed by atoms with Crippen LogP contribution in [0.15, 0.2) is 48.6 Å². The highest BCUT2D eigenvalue weighted by Crippen LogP contribution is 2.09. The van der Waals surface area contributed by atoms with Gasteiger partial charge in [-0.1, -0.05) is 36.5 Å². The van der Waals surface area contributed by atoms with Crippen LogP contribution in [0.4, 0.5) is 0 Å². The lowest BCUT2D eigenvalue weighted by atomic mass is 10.1. The van der Waals surface area contributed by atoms with Crippen LogP contribution in [0.1, 0.15) is 38.5 Å². The fourth-order valence-corrected chi connectivity index (χ4v) is 2.97. The molecule has 0 spiro atoms. The number of hydrogen-bond acceptors (Lipinski definition) is 2. The lowest BCUT2D eigenvalue weighted by Crippen LogP contribution is -2.34. The highest BCUT2D eigenvalue weighted by Gasteiger charge is 2.13. The first-order chi connectivity index (χ1) is 11.8. The first kappa shape index (κ1) is 18.2. The molecule has 2 amide bonds. The maximum Gasteiger partial charge on any atom is 0.246 e. The molecule has 130 valence electrons. The van der Waals surface area contributed by atoms with E-state index in [-0.39, 0.29) is 11.8 Å². The predicted octanol–water partition coefficient (Wildman–Crippen LogP) is 3.24. The Morgan fingerprint density at radius 2 is 0.833 bits per heavy atom. The second kappa shape index (κ2) is 10.6. The van der Waals surface area contributed by atoms with E-state index >= 15 is 0 Å². The van der Waals surface area contributed by atoms with Crippen LogP contribution in [0, 0.1) is 0 Å².